The van der Waals surface area contributed by atoms with Crippen molar-refractivity contribution in [2.24, 2.45) is 0 Å². The SMILES string of the molecule is CCn1cc(C(=O)Nc2ccc(C(C)=O)cc2)c2nn(-c3ccccc3)c(=O)c-2c1. The number of nitrogens with one attached hydrogen (secondary N) is 1. The van der Waals surface area contributed by atoms with Crippen molar-refractivity contribution in [3.63, 3.8) is 0 Å². The van der Waals surface area contributed by atoms with Crippen LogP contribution in [0.4, 0.5) is 5.69 Å². The first kappa shape index (κ1) is 19.3. The quantitative estimate of drug-likeness (QED) is 0.519. The third kappa shape index (κ3) is 3.53. The van der Waals surface area contributed by atoms with Crippen LogP contribution < -0.4 is 10.9 Å². The van der Waals surface area contributed by atoms with Gasteiger partial charge in [-0.2, -0.15) is 9.78 Å². The van der Waals surface area contributed by atoms with Gasteiger partial charge in [-0.25, -0.2) is 0 Å². The Balaban J connectivity index is 1.76. The van der Waals surface area contributed by atoms with Gasteiger partial charge in [-0.3, -0.25) is 14.4 Å². The van der Waals surface area contributed by atoms with Crippen LogP contribution in [0.3, 0.4) is 0 Å². The summed E-state index contributed by atoms with van der Waals surface area (Å²) in [6, 6.07) is 15.7. The number of carbonyl (C=O) groups excluding carboxylic acids is 2. The summed E-state index contributed by atoms with van der Waals surface area (Å²) in [6.45, 7) is 4.01. The maximum absolute atomic E-state index is 13.0. The smallest absolute Gasteiger partial charge is 0.282 e. The number of nitrogens with zero attached hydrogens (tertiary/aromatic N) is 3. The molecule has 0 radical (unpaired) electrons. The summed E-state index contributed by atoms with van der Waals surface area (Å²) < 4.78 is 3.09. The lowest BCUT2D eigenvalue weighted by atomic mass is 10.1. The number of ketones is 1. The van der Waals surface area contributed by atoms with Crippen molar-refractivity contribution in [3.8, 4) is 16.9 Å². The average Bonchev–Trinajstić information content (AvgIpc) is 3.10. The molecule has 0 spiro atoms. The van der Waals surface area contributed by atoms with Crippen molar-refractivity contribution in [2.75, 3.05) is 5.32 Å². The summed E-state index contributed by atoms with van der Waals surface area (Å²) in [7, 11) is 0. The Morgan fingerprint density at radius 2 is 1.70 bits per heavy atom. The minimum absolute atomic E-state index is 0.0453. The molecular weight excluding hydrogens is 380 g/mol. The lowest BCUT2D eigenvalue weighted by Crippen LogP contribution is -2.17. The van der Waals surface area contributed by atoms with E-state index in [0.29, 0.717) is 40.3 Å². The fourth-order valence-electron chi connectivity index (χ4n) is 3.24. The van der Waals surface area contributed by atoms with Gasteiger partial charge >= 0.3 is 0 Å². The maximum atomic E-state index is 13.0. The molecule has 2 aromatic carbocycles. The molecule has 7 heteroatoms. The summed E-state index contributed by atoms with van der Waals surface area (Å²) in [6.07, 6.45) is 3.39. The second-order valence-corrected chi connectivity index (χ2v) is 6.90. The van der Waals surface area contributed by atoms with Crippen LogP contribution in [0, 0.1) is 0 Å². The minimum atomic E-state index is -0.379. The fraction of sp³-hybridized carbons (Fsp3) is 0.130. The highest BCUT2D eigenvalue weighted by atomic mass is 16.2. The fourth-order valence-corrected chi connectivity index (χ4v) is 3.24. The van der Waals surface area contributed by atoms with Crippen molar-refractivity contribution in [3.05, 3.63) is 88.5 Å². The van der Waals surface area contributed by atoms with Crippen molar-refractivity contribution in [1.82, 2.24) is 14.3 Å². The first-order valence-corrected chi connectivity index (χ1v) is 9.58. The number of fused-ring (bicyclic) bond motifs is 1. The Hall–Kier alpha value is -4.00. The molecule has 1 N–H and O–H groups in total. The van der Waals surface area contributed by atoms with Crippen LogP contribution in [-0.2, 0) is 6.54 Å². The zero-order valence-electron chi connectivity index (χ0n) is 16.6. The second kappa shape index (κ2) is 7.79. The molecule has 1 amide bonds. The van der Waals surface area contributed by atoms with Crippen LogP contribution >= 0.6 is 0 Å². The van der Waals surface area contributed by atoms with E-state index >= 15 is 0 Å². The van der Waals surface area contributed by atoms with Crippen LogP contribution in [0.25, 0.3) is 16.9 Å². The first-order valence-electron chi connectivity index (χ1n) is 9.58. The maximum Gasteiger partial charge on any atom is 0.282 e. The van der Waals surface area contributed by atoms with Crippen molar-refractivity contribution < 1.29 is 9.59 Å². The Kier molecular flexibility index (Phi) is 5.02. The van der Waals surface area contributed by atoms with Crippen LogP contribution in [0.1, 0.15) is 34.6 Å². The number of hydrogen-bond donors (Lipinski definition) is 1. The predicted octanol–water partition coefficient (Wildman–Crippen LogP) is 3.61. The normalized spacial score (nSPS) is 10.9. The van der Waals surface area contributed by atoms with E-state index in [4.69, 9.17) is 0 Å². The third-order valence-corrected chi connectivity index (χ3v) is 4.88. The molecule has 0 atom stereocenters. The second-order valence-electron chi connectivity index (χ2n) is 6.90. The standard InChI is InChI=1S/C23H20N4O3/c1-3-26-13-19(22(29)24-17-11-9-16(10-12-17)15(2)28)21-20(14-26)23(30)27(25-21)18-7-5-4-6-8-18/h4-14H,3H2,1-2H3,(H,24,29). The van der Waals surface area contributed by atoms with Gasteiger partial charge in [0.1, 0.15) is 5.69 Å². The highest BCUT2D eigenvalue weighted by molar-refractivity contribution is 6.08. The molecule has 2 aliphatic heterocycles. The number of para-hydroxylation sites is 1. The van der Waals surface area contributed by atoms with Gasteiger partial charge in [0, 0.05) is 30.2 Å². The highest BCUT2D eigenvalue weighted by Gasteiger charge is 2.24. The van der Waals surface area contributed by atoms with Gasteiger partial charge in [0.05, 0.1) is 16.8 Å². The molecule has 0 aliphatic carbocycles. The van der Waals surface area contributed by atoms with E-state index in [0.717, 1.165) is 0 Å². The number of amides is 1. The van der Waals surface area contributed by atoms with E-state index in [1.165, 1.54) is 11.6 Å². The topological polar surface area (TPSA) is 86.0 Å². The number of rotatable bonds is 5. The molecule has 0 unspecified atom stereocenters. The van der Waals surface area contributed by atoms with Gasteiger partial charge in [0.2, 0.25) is 0 Å². The highest BCUT2D eigenvalue weighted by Crippen LogP contribution is 2.23. The van der Waals surface area contributed by atoms with Gasteiger partial charge < -0.3 is 9.88 Å². The Morgan fingerprint density at radius 3 is 2.33 bits per heavy atom. The van der Waals surface area contributed by atoms with Crippen molar-refractivity contribution in [1.29, 1.82) is 0 Å². The van der Waals surface area contributed by atoms with Crippen LogP contribution in [0.2, 0.25) is 0 Å². The van der Waals surface area contributed by atoms with E-state index < -0.39 is 0 Å². The first-order chi connectivity index (χ1) is 14.5. The van der Waals surface area contributed by atoms with Crippen molar-refractivity contribution >= 4 is 17.4 Å². The Labute approximate surface area is 172 Å². The van der Waals surface area contributed by atoms with Crippen molar-refractivity contribution in [2.45, 2.75) is 20.4 Å². The molecule has 0 aromatic heterocycles. The lowest BCUT2D eigenvalue weighted by Gasteiger charge is -2.11. The lowest BCUT2D eigenvalue weighted by molar-refractivity contribution is 0.101. The molecule has 30 heavy (non-hydrogen) atoms. The zero-order chi connectivity index (χ0) is 21.3. The summed E-state index contributed by atoms with van der Waals surface area (Å²) in [4.78, 5) is 37.4. The summed E-state index contributed by atoms with van der Waals surface area (Å²) in [5.74, 6) is -0.424. The van der Waals surface area contributed by atoms with E-state index in [1.807, 2.05) is 25.1 Å². The molecule has 0 fully saturated rings. The molecule has 0 saturated carbocycles. The van der Waals surface area contributed by atoms with E-state index in [1.54, 1.807) is 53.4 Å². The molecule has 7 nitrogen and oxygen atoms in total. The number of anilines is 1. The van der Waals surface area contributed by atoms with E-state index in [-0.39, 0.29) is 17.2 Å². The van der Waals surface area contributed by atoms with Crippen LogP contribution in [-0.4, -0.2) is 26.0 Å². The van der Waals surface area contributed by atoms with Gasteiger partial charge in [-0.15, -0.1) is 0 Å². The number of carbonyl (C=O) groups is 2. The number of pyridine rings is 1. The number of Topliss-reactive ketones (excluding diaryl/α,β-unsaturated/α-hetero) is 1. The average molecular weight is 400 g/mol. The molecule has 2 aliphatic rings. The predicted molar refractivity (Wildman–Crippen MR) is 115 cm³/mol. The molecule has 2 aromatic rings. The number of aromatic nitrogens is 3. The summed E-state index contributed by atoms with van der Waals surface area (Å²) >= 11 is 0. The van der Waals surface area contributed by atoms with Gasteiger partial charge in [0.25, 0.3) is 11.5 Å². The minimum Gasteiger partial charge on any atom is -0.353 e. The van der Waals surface area contributed by atoms with Crippen LogP contribution in [0.5, 0.6) is 0 Å². The molecule has 0 bridgehead atoms. The van der Waals surface area contributed by atoms with Crippen LogP contribution in [0.15, 0.2) is 71.8 Å². The largest absolute Gasteiger partial charge is 0.353 e. The van der Waals surface area contributed by atoms with E-state index in [9.17, 15) is 14.4 Å². The van der Waals surface area contributed by atoms with Gasteiger partial charge in [-0.05, 0) is 50.2 Å². The summed E-state index contributed by atoms with van der Waals surface area (Å²) in [5, 5.41) is 7.26. The summed E-state index contributed by atoms with van der Waals surface area (Å²) in [5.41, 5.74) is 2.49. The molecule has 4 rings (SSSR count). The molecule has 0 saturated heterocycles. The monoisotopic (exact) mass is 400 g/mol. The third-order valence-electron chi connectivity index (χ3n) is 4.88. The molecule has 150 valence electrons. The number of benzene rings is 2. The molecular formula is C23H20N4O3. The zero-order valence-corrected chi connectivity index (χ0v) is 16.6. The Morgan fingerprint density at radius 1 is 1.00 bits per heavy atom. The molecule has 2 heterocycles. The van der Waals surface area contributed by atoms with Gasteiger partial charge in [-0.1, -0.05) is 18.2 Å². The number of hydrogen-bond acceptors (Lipinski definition) is 4. The van der Waals surface area contributed by atoms with Gasteiger partial charge in [0.15, 0.2) is 5.78 Å². The number of aryl methyl sites for hydroxylation is 1. The Bertz CT molecular complexity index is 1250. The van der Waals surface area contributed by atoms with E-state index in [2.05, 4.69) is 10.4 Å².